The van der Waals surface area contributed by atoms with Gasteiger partial charge in [-0.05, 0) is 41.1 Å². The monoisotopic (exact) mass is 295 g/mol. The van der Waals surface area contributed by atoms with Crippen LogP contribution in [-0.2, 0) is 0 Å². The van der Waals surface area contributed by atoms with Crippen LogP contribution in [-0.4, -0.2) is 11.1 Å². The molecule has 0 saturated heterocycles. The van der Waals surface area contributed by atoms with E-state index < -0.39 is 5.97 Å². The van der Waals surface area contributed by atoms with Gasteiger partial charge in [0.1, 0.15) is 0 Å². The summed E-state index contributed by atoms with van der Waals surface area (Å²) in [6.45, 7) is 0. The Kier molecular flexibility index (Phi) is 3.54. The first-order valence-electron chi connectivity index (χ1n) is 6.43. The van der Waals surface area contributed by atoms with Gasteiger partial charge in [0.2, 0.25) is 0 Å². The molecule has 0 aliphatic rings. The Bertz CT molecular complexity index is 830. The normalized spacial score (nSPS) is 10.7. The van der Waals surface area contributed by atoms with Gasteiger partial charge in [-0.2, -0.15) is 0 Å². The maximum atomic E-state index is 10.9. The molecule has 104 valence electrons. The minimum Gasteiger partial charge on any atom is -0.478 e. The molecule has 21 heavy (non-hydrogen) atoms. The smallest absolute Gasteiger partial charge is 0.335 e. The molecule has 0 unspecified atom stereocenters. The molecular weight excluding hydrogens is 282 g/mol. The number of carboxylic acids is 1. The molecule has 4 heteroatoms. The maximum absolute atomic E-state index is 10.9. The van der Waals surface area contributed by atoms with E-state index in [-0.39, 0.29) is 5.56 Å². The Hall–Kier alpha value is -2.46. The molecule has 0 aliphatic heterocycles. The highest BCUT2D eigenvalue weighted by molar-refractivity contribution is 7.99. The lowest BCUT2D eigenvalue weighted by atomic mass is 10.1. The molecule has 0 radical (unpaired) electrons. The first-order chi connectivity index (χ1) is 10.1. The van der Waals surface area contributed by atoms with E-state index in [1.807, 2.05) is 18.2 Å². The first kappa shape index (κ1) is 13.5. The van der Waals surface area contributed by atoms with Gasteiger partial charge in [0, 0.05) is 15.5 Å². The Labute approximate surface area is 126 Å². The molecule has 3 nitrogen and oxygen atoms in total. The van der Waals surface area contributed by atoms with Crippen LogP contribution in [0.5, 0.6) is 0 Å². The van der Waals surface area contributed by atoms with E-state index in [9.17, 15) is 4.79 Å². The molecule has 0 aromatic heterocycles. The SMILES string of the molecule is Nc1cc(C(=O)O)ccc1Sc1ccc2ccccc2c1. The summed E-state index contributed by atoms with van der Waals surface area (Å²) >= 11 is 1.53. The Morgan fingerprint density at radius 2 is 1.71 bits per heavy atom. The van der Waals surface area contributed by atoms with E-state index in [0.29, 0.717) is 5.69 Å². The highest BCUT2D eigenvalue weighted by Crippen LogP contribution is 2.34. The van der Waals surface area contributed by atoms with Crippen molar-refractivity contribution in [3.8, 4) is 0 Å². The lowest BCUT2D eigenvalue weighted by Crippen LogP contribution is -1.98. The maximum Gasteiger partial charge on any atom is 0.335 e. The number of fused-ring (bicyclic) bond motifs is 1. The van der Waals surface area contributed by atoms with Crippen LogP contribution in [0.3, 0.4) is 0 Å². The van der Waals surface area contributed by atoms with Crippen molar-refractivity contribution in [3.05, 3.63) is 66.2 Å². The van der Waals surface area contributed by atoms with E-state index in [1.54, 1.807) is 12.1 Å². The number of aromatic carboxylic acids is 1. The molecule has 3 aromatic rings. The number of nitrogen functional groups attached to an aromatic ring is 1. The topological polar surface area (TPSA) is 63.3 Å². The van der Waals surface area contributed by atoms with Gasteiger partial charge in [0.25, 0.3) is 0 Å². The fourth-order valence-corrected chi connectivity index (χ4v) is 3.02. The summed E-state index contributed by atoms with van der Waals surface area (Å²) in [7, 11) is 0. The van der Waals surface area contributed by atoms with Gasteiger partial charge in [-0.15, -0.1) is 0 Å². The van der Waals surface area contributed by atoms with Crippen molar-refractivity contribution in [1.82, 2.24) is 0 Å². The zero-order valence-electron chi connectivity index (χ0n) is 11.1. The molecule has 3 aromatic carbocycles. The Morgan fingerprint density at radius 3 is 2.43 bits per heavy atom. The number of nitrogens with two attached hydrogens (primary N) is 1. The van der Waals surface area contributed by atoms with Crippen LogP contribution in [0.25, 0.3) is 10.8 Å². The molecule has 0 saturated carbocycles. The number of benzene rings is 3. The van der Waals surface area contributed by atoms with Crippen LogP contribution in [0.15, 0.2) is 70.5 Å². The van der Waals surface area contributed by atoms with Crippen LogP contribution < -0.4 is 5.73 Å². The van der Waals surface area contributed by atoms with Gasteiger partial charge in [-0.1, -0.05) is 42.1 Å². The van der Waals surface area contributed by atoms with Crippen molar-refractivity contribution < 1.29 is 9.90 Å². The second-order valence-electron chi connectivity index (χ2n) is 4.67. The fourth-order valence-electron chi connectivity index (χ4n) is 2.13. The predicted molar refractivity (Wildman–Crippen MR) is 85.9 cm³/mol. The van der Waals surface area contributed by atoms with Crippen LogP contribution in [0.4, 0.5) is 5.69 Å². The number of hydrogen-bond acceptors (Lipinski definition) is 3. The standard InChI is InChI=1S/C17H13NO2S/c18-15-10-13(17(19)20)6-8-16(15)21-14-7-5-11-3-1-2-4-12(11)9-14/h1-10H,18H2,(H,19,20). The summed E-state index contributed by atoms with van der Waals surface area (Å²) in [5.41, 5.74) is 6.62. The van der Waals surface area contributed by atoms with Gasteiger partial charge in [0.05, 0.1) is 5.56 Å². The van der Waals surface area contributed by atoms with Crippen molar-refractivity contribution in [2.75, 3.05) is 5.73 Å². The average molecular weight is 295 g/mol. The van der Waals surface area contributed by atoms with Gasteiger partial charge in [0.15, 0.2) is 0 Å². The van der Waals surface area contributed by atoms with Crippen molar-refractivity contribution in [3.63, 3.8) is 0 Å². The second-order valence-corrected chi connectivity index (χ2v) is 5.78. The number of hydrogen-bond donors (Lipinski definition) is 2. The molecule has 0 aliphatic carbocycles. The number of anilines is 1. The van der Waals surface area contributed by atoms with Crippen LogP contribution in [0, 0.1) is 0 Å². The summed E-state index contributed by atoms with van der Waals surface area (Å²) < 4.78 is 0. The van der Waals surface area contributed by atoms with Crippen molar-refractivity contribution in [2.45, 2.75) is 9.79 Å². The molecule has 3 rings (SSSR count). The number of carboxylic acid groups (broad SMARTS) is 1. The number of carbonyl (C=O) groups is 1. The molecule has 0 bridgehead atoms. The van der Waals surface area contributed by atoms with Crippen molar-refractivity contribution >= 4 is 34.2 Å². The Morgan fingerprint density at radius 1 is 0.952 bits per heavy atom. The average Bonchev–Trinajstić information content (AvgIpc) is 2.49. The second kappa shape index (κ2) is 5.50. The number of rotatable bonds is 3. The first-order valence-corrected chi connectivity index (χ1v) is 7.24. The third kappa shape index (κ3) is 2.85. The van der Waals surface area contributed by atoms with Crippen LogP contribution in [0.2, 0.25) is 0 Å². The largest absolute Gasteiger partial charge is 0.478 e. The molecule has 0 heterocycles. The summed E-state index contributed by atoms with van der Waals surface area (Å²) in [5.74, 6) is -0.969. The molecule has 0 spiro atoms. The minimum absolute atomic E-state index is 0.204. The highest BCUT2D eigenvalue weighted by atomic mass is 32.2. The highest BCUT2D eigenvalue weighted by Gasteiger charge is 2.08. The van der Waals surface area contributed by atoms with Gasteiger partial charge in [-0.25, -0.2) is 4.79 Å². The zero-order valence-corrected chi connectivity index (χ0v) is 11.9. The molecule has 3 N–H and O–H groups in total. The van der Waals surface area contributed by atoms with E-state index in [1.165, 1.54) is 28.6 Å². The van der Waals surface area contributed by atoms with E-state index in [4.69, 9.17) is 10.8 Å². The van der Waals surface area contributed by atoms with Gasteiger partial charge in [-0.3, -0.25) is 0 Å². The third-order valence-corrected chi connectivity index (χ3v) is 4.29. The fraction of sp³-hybridized carbons (Fsp3) is 0. The molecule has 0 atom stereocenters. The molecule has 0 fully saturated rings. The predicted octanol–water partition coefficient (Wildman–Crippen LogP) is 4.27. The van der Waals surface area contributed by atoms with Crippen molar-refractivity contribution in [2.24, 2.45) is 0 Å². The third-order valence-electron chi connectivity index (χ3n) is 3.21. The van der Waals surface area contributed by atoms with E-state index >= 15 is 0 Å². The van der Waals surface area contributed by atoms with Gasteiger partial charge < -0.3 is 10.8 Å². The lowest BCUT2D eigenvalue weighted by molar-refractivity contribution is 0.0697. The molecular formula is C17H13NO2S. The summed E-state index contributed by atoms with van der Waals surface area (Å²) in [4.78, 5) is 12.8. The minimum atomic E-state index is -0.969. The Balaban J connectivity index is 1.93. The quantitative estimate of drug-likeness (QED) is 0.708. The van der Waals surface area contributed by atoms with E-state index in [2.05, 4.69) is 24.3 Å². The zero-order chi connectivity index (χ0) is 14.8. The summed E-state index contributed by atoms with van der Waals surface area (Å²) in [5, 5.41) is 11.3. The van der Waals surface area contributed by atoms with Gasteiger partial charge >= 0.3 is 5.97 Å². The van der Waals surface area contributed by atoms with Crippen LogP contribution in [0.1, 0.15) is 10.4 Å². The van der Waals surface area contributed by atoms with Crippen LogP contribution >= 0.6 is 11.8 Å². The summed E-state index contributed by atoms with van der Waals surface area (Å²) in [6.07, 6.45) is 0. The van der Waals surface area contributed by atoms with Crippen molar-refractivity contribution in [1.29, 1.82) is 0 Å². The lowest BCUT2D eigenvalue weighted by Gasteiger charge is -2.07. The van der Waals surface area contributed by atoms with E-state index in [0.717, 1.165) is 9.79 Å². The molecule has 0 amide bonds. The summed E-state index contributed by atoms with van der Waals surface area (Å²) in [6, 6.07) is 19.2.